The quantitative estimate of drug-likeness (QED) is 0.631. The van der Waals surface area contributed by atoms with Crippen LogP contribution in [0.4, 0.5) is 5.69 Å². The Labute approximate surface area is 169 Å². The van der Waals surface area contributed by atoms with Gasteiger partial charge < -0.3 is 15.0 Å². The number of aromatic nitrogens is 1. The average molecular weight is 411 g/mol. The van der Waals surface area contributed by atoms with E-state index < -0.39 is 15.9 Å². The summed E-state index contributed by atoms with van der Waals surface area (Å²) in [5.41, 5.74) is 1.37. The van der Waals surface area contributed by atoms with E-state index in [0.29, 0.717) is 18.7 Å². The Kier molecular flexibility index (Phi) is 5.12. The van der Waals surface area contributed by atoms with Gasteiger partial charge in [-0.1, -0.05) is 0 Å². The maximum Gasteiger partial charge on any atom is 0.255 e. The standard InChI is InChI=1S/C21H21N3O4S/c25-20-10-9-18(29(27,28)24-13-3-4-14-24)15-19(20)22-21(26)16-5-7-17(8-6-16)23-11-1-2-12-23/h1-2,5-12,15,25H,3-4,13-14H2,(H,22,26). The smallest absolute Gasteiger partial charge is 0.255 e. The van der Waals surface area contributed by atoms with Gasteiger partial charge in [-0.05, 0) is 67.4 Å². The normalized spacial score (nSPS) is 14.8. The number of benzene rings is 2. The van der Waals surface area contributed by atoms with E-state index in [0.717, 1.165) is 18.5 Å². The number of rotatable bonds is 5. The van der Waals surface area contributed by atoms with Crippen molar-refractivity contribution in [1.82, 2.24) is 8.87 Å². The number of amides is 1. The molecule has 0 spiro atoms. The molecule has 7 nitrogen and oxygen atoms in total. The fraction of sp³-hybridized carbons (Fsp3) is 0.190. The second-order valence-corrected chi connectivity index (χ2v) is 8.82. The van der Waals surface area contributed by atoms with Gasteiger partial charge >= 0.3 is 0 Å². The highest BCUT2D eigenvalue weighted by molar-refractivity contribution is 7.89. The zero-order valence-corrected chi connectivity index (χ0v) is 16.5. The van der Waals surface area contributed by atoms with Gasteiger partial charge in [-0.3, -0.25) is 4.79 Å². The number of carbonyl (C=O) groups excluding carboxylic acids is 1. The van der Waals surface area contributed by atoms with Gasteiger partial charge in [0, 0.05) is 36.7 Å². The molecule has 2 N–H and O–H groups in total. The van der Waals surface area contributed by atoms with E-state index in [-0.39, 0.29) is 16.3 Å². The zero-order chi connectivity index (χ0) is 20.4. The molecule has 150 valence electrons. The van der Waals surface area contributed by atoms with Crippen molar-refractivity contribution in [3.8, 4) is 11.4 Å². The molecule has 0 unspecified atom stereocenters. The molecule has 2 aromatic carbocycles. The second-order valence-electron chi connectivity index (χ2n) is 6.88. The molecule has 1 fully saturated rings. The second kappa shape index (κ2) is 7.73. The third-order valence-corrected chi connectivity index (χ3v) is 6.85. The Balaban J connectivity index is 1.55. The maximum absolute atomic E-state index is 12.7. The summed E-state index contributed by atoms with van der Waals surface area (Å²) < 4.78 is 28.8. The summed E-state index contributed by atoms with van der Waals surface area (Å²) in [6.07, 6.45) is 5.47. The Morgan fingerprint density at radius 2 is 1.62 bits per heavy atom. The van der Waals surface area contributed by atoms with E-state index in [2.05, 4.69) is 5.32 Å². The first-order valence-electron chi connectivity index (χ1n) is 9.33. The van der Waals surface area contributed by atoms with Gasteiger partial charge in [0.05, 0.1) is 10.6 Å². The van der Waals surface area contributed by atoms with Crippen LogP contribution in [0.3, 0.4) is 0 Å². The molecule has 4 rings (SSSR count). The lowest BCUT2D eigenvalue weighted by molar-refractivity contribution is 0.102. The van der Waals surface area contributed by atoms with Crippen molar-refractivity contribution in [2.75, 3.05) is 18.4 Å². The van der Waals surface area contributed by atoms with Crippen LogP contribution in [0.25, 0.3) is 5.69 Å². The number of nitrogens with one attached hydrogen (secondary N) is 1. The molecule has 2 heterocycles. The predicted octanol–water partition coefficient (Wildman–Crippen LogP) is 3.22. The number of phenols is 1. The monoisotopic (exact) mass is 411 g/mol. The van der Waals surface area contributed by atoms with Crippen LogP contribution in [-0.2, 0) is 10.0 Å². The highest BCUT2D eigenvalue weighted by Gasteiger charge is 2.28. The van der Waals surface area contributed by atoms with Crippen LogP contribution in [-0.4, -0.2) is 41.4 Å². The fourth-order valence-electron chi connectivity index (χ4n) is 3.34. The first-order valence-corrected chi connectivity index (χ1v) is 10.8. The molecule has 3 aromatic rings. The van der Waals surface area contributed by atoms with Crippen LogP contribution in [0, 0.1) is 0 Å². The highest BCUT2D eigenvalue weighted by Crippen LogP contribution is 2.29. The molecule has 1 aliphatic rings. The van der Waals surface area contributed by atoms with Gasteiger partial charge in [0.1, 0.15) is 5.75 Å². The first-order chi connectivity index (χ1) is 13.9. The van der Waals surface area contributed by atoms with E-state index >= 15 is 0 Å². The number of aromatic hydroxyl groups is 1. The molecular weight excluding hydrogens is 390 g/mol. The van der Waals surface area contributed by atoms with Crippen LogP contribution >= 0.6 is 0 Å². The predicted molar refractivity (Wildman–Crippen MR) is 110 cm³/mol. The SMILES string of the molecule is O=C(Nc1cc(S(=O)(=O)N2CCCC2)ccc1O)c1ccc(-n2cccc2)cc1. The van der Waals surface area contributed by atoms with E-state index in [1.807, 2.05) is 41.2 Å². The van der Waals surface area contributed by atoms with Crippen LogP contribution < -0.4 is 5.32 Å². The van der Waals surface area contributed by atoms with Crippen LogP contribution in [0.2, 0.25) is 0 Å². The van der Waals surface area contributed by atoms with Crippen molar-refractivity contribution < 1.29 is 18.3 Å². The number of hydrogen-bond acceptors (Lipinski definition) is 4. The topological polar surface area (TPSA) is 91.6 Å². The fourth-order valence-corrected chi connectivity index (χ4v) is 4.88. The summed E-state index contributed by atoms with van der Waals surface area (Å²) in [5, 5.41) is 12.7. The maximum atomic E-state index is 12.7. The lowest BCUT2D eigenvalue weighted by atomic mass is 10.2. The largest absolute Gasteiger partial charge is 0.506 e. The van der Waals surface area contributed by atoms with E-state index in [4.69, 9.17) is 0 Å². The Morgan fingerprint density at radius 1 is 0.966 bits per heavy atom. The summed E-state index contributed by atoms with van der Waals surface area (Å²) >= 11 is 0. The molecule has 1 saturated heterocycles. The lowest BCUT2D eigenvalue weighted by Crippen LogP contribution is -2.28. The van der Waals surface area contributed by atoms with Gasteiger partial charge in [-0.2, -0.15) is 4.31 Å². The minimum absolute atomic E-state index is 0.0513. The molecule has 0 radical (unpaired) electrons. The third-order valence-electron chi connectivity index (χ3n) is 4.95. The van der Waals surface area contributed by atoms with Crippen LogP contribution in [0.5, 0.6) is 5.75 Å². The third kappa shape index (κ3) is 3.90. The molecule has 0 atom stereocenters. The van der Waals surface area contributed by atoms with Gasteiger partial charge in [0.2, 0.25) is 10.0 Å². The Morgan fingerprint density at radius 3 is 2.28 bits per heavy atom. The number of carbonyl (C=O) groups is 1. The molecule has 0 bridgehead atoms. The van der Waals surface area contributed by atoms with Gasteiger partial charge in [-0.15, -0.1) is 0 Å². The van der Waals surface area contributed by atoms with Crippen molar-refractivity contribution in [2.45, 2.75) is 17.7 Å². The molecule has 1 aromatic heterocycles. The zero-order valence-electron chi connectivity index (χ0n) is 15.7. The van der Waals surface area contributed by atoms with Crippen molar-refractivity contribution >= 4 is 21.6 Å². The Hall–Kier alpha value is -3.10. The van der Waals surface area contributed by atoms with E-state index in [1.165, 1.54) is 22.5 Å². The summed E-state index contributed by atoms with van der Waals surface area (Å²) in [5.74, 6) is -0.627. The molecule has 29 heavy (non-hydrogen) atoms. The number of nitrogens with zero attached hydrogens (tertiary/aromatic N) is 2. The van der Waals surface area contributed by atoms with Gasteiger partial charge in [-0.25, -0.2) is 8.42 Å². The Bertz CT molecular complexity index is 1120. The number of sulfonamides is 1. The number of phenolic OH excluding ortho intramolecular Hbond substituents is 1. The summed E-state index contributed by atoms with van der Waals surface area (Å²) in [7, 11) is -3.64. The van der Waals surface area contributed by atoms with Crippen LogP contribution in [0.15, 0.2) is 71.9 Å². The first kappa shape index (κ1) is 19.2. The average Bonchev–Trinajstić information content (AvgIpc) is 3.44. The van der Waals surface area contributed by atoms with Crippen molar-refractivity contribution in [2.24, 2.45) is 0 Å². The number of anilines is 1. The molecule has 0 aliphatic carbocycles. The van der Waals surface area contributed by atoms with Gasteiger partial charge in [0.25, 0.3) is 5.91 Å². The summed E-state index contributed by atoms with van der Waals surface area (Å²) in [6.45, 7) is 0.970. The van der Waals surface area contributed by atoms with Crippen molar-refractivity contribution in [1.29, 1.82) is 0 Å². The molecule has 0 saturated carbocycles. The molecular formula is C21H21N3O4S. The highest BCUT2D eigenvalue weighted by atomic mass is 32.2. The summed E-state index contributed by atoms with van der Waals surface area (Å²) in [4.78, 5) is 12.6. The number of hydrogen-bond donors (Lipinski definition) is 2. The van der Waals surface area contributed by atoms with E-state index in [1.54, 1.807) is 12.1 Å². The summed E-state index contributed by atoms with van der Waals surface area (Å²) in [6, 6.07) is 14.7. The van der Waals surface area contributed by atoms with E-state index in [9.17, 15) is 18.3 Å². The van der Waals surface area contributed by atoms with Crippen LogP contribution in [0.1, 0.15) is 23.2 Å². The van der Waals surface area contributed by atoms with Crippen molar-refractivity contribution in [3.63, 3.8) is 0 Å². The molecule has 1 amide bonds. The van der Waals surface area contributed by atoms with Crippen molar-refractivity contribution in [3.05, 3.63) is 72.6 Å². The minimum atomic E-state index is -3.64. The lowest BCUT2D eigenvalue weighted by Gasteiger charge is -2.16. The molecule has 1 aliphatic heterocycles. The minimum Gasteiger partial charge on any atom is -0.506 e. The van der Waals surface area contributed by atoms with Gasteiger partial charge in [0.15, 0.2) is 0 Å². The molecule has 8 heteroatoms.